The highest BCUT2D eigenvalue weighted by molar-refractivity contribution is 9.18. The fourth-order valence-corrected chi connectivity index (χ4v) is 0.900. The van der Waals surface area contributed by atoms with Crippen LogP contribution in [0.3, 0.4) is 0 Å². The third-order valence-electron chi connectivity index (χ3n) is 0.924. The Hall–Kier alpha value is -0.840. The van der Waals surface area contributed by atoms with E-state index in [9.17, 15) is 0 Å². The topological polar surface area (TPSA) is 74.3 Å². The van der Waals surface area contributed by atoms with Crippen molar-refractivity contribution in [2.24, 2.45) is 10.8 Å². The van der Waals surface area contributed by atoms with E-state index in [4.69, 9.17) is 11.1 Å². The molecule has 0 amide bonds. The van der Waals surface area contributed by atoms with Gasteiger partial charge in [0.1, 0.15) is 10.5 Å². The zero-order valence-corrected chi connectivity index (χ0v) is 6.07. The normalized spacial score (nSPS) is 22.1. The summed E-state index contributed by atoms with van der Waals surface area (Å²) in [6.45, 7) is 0. The van der Waals surface area contributed by atoms with Gasteiger partial charge >= 0.3 is 0 Å². The Labute approximate surface area is 60.4 Å². The molecule has 0 bridgehead atoms. The number of rotatable bonds is 0. The van der Waals surface area contributed by atoms with Gasteiger partial charge < -0.3 is 5.73 Å². The maximum absolute atomic E-state index is 7.13. The lowest BCUT2D eigenvalue weighted by Crippen LogP contribution is -2.12. The lowest BCUT2D eigenvalue weighted by Gasteiger charge is -1.90. The summed E-state index contributed by atoms with van der Waals surface area (Å²) in [5, 5.41) is 10.8. The second kappa shape index (κ2) is 2.18. The minimum absolute atomic E-state index is 0.226. The van der Waals surface area contributed by atoms with Crippen molar-refractivity contribution in [2.75, 3.05) is 0 Å². The van der Waals surface area contributed by atoms with Crippen molar-refractivity contribution < 1.29 is 0 Å². The number of nitrogens with zero attached hydrogens (tertiary/aromatic N) is 1. The fraction of sp³-hybridized carbons (Fsp3) is 0. The van der Waals surface area contributed by atoms with Crippen molar-refractivity contribution in [1.82, 2.24) is 5.43 Å². The van der Waals surface area contributed by atoms with Crippen LogP contribution in [0.25, 0.3) is 0 Å². The first-order valence-electron chi connectivity index (χ1n) is 2.26. The first kappa shape index (κ1) is 6.28. The fourth-order valence-electron chi connectivity index (χ4n) is 0.481. The van der Waals surface area contributed by atoms with Crippen molar-refractivity contribution in [3.05, 3.63) is 11.8 Å². The van der Waals surface area contributed by atoms with Crippen LogP contribution in [0.4, 0.5) is 0 Å². The Kier molecular flexibility index (Phi) is 1.52. The third-order valence-corrected chi connectivity index (χ3v) is 1.53. The standard InChI is InChI=1S/C4H5BrN4/c5-3-2(1-6)4(7)9-8-3/h1H,6H2,(H2,7,9)/b2-1-. The smallest absolute Gasteiger partial charge is 0.150 e. The Morgan fingerprint density at radius 3 is 2.67 bits per heavy atom. The molecule has 0 spiro atoms. The second-order valence-corrected chi connectivity index (χ2v) is 2.22. The summed E-state index contributed by atoms with van der Waals surface area (Å²) >= 11 is 3.10. The maximum atomic E-state index is 7.13. The Morgan fingerprint density at radius 1 is 1.78 bits per heavy atom. The summed E-state index contributed by atoms with van der Waals surface area (Å²) in [6.07, 6.45) is 1.33. The van der Waals surface area contributed by atoms with E-state index in [0.29, 0.717) is 10.2 Å². The summed E-state index contributed by atoms with van der Waals surface area (Å²) in [5.74, 6) is 0.226. The van der Waals surface area contributed by atoms with Crippen LogP contribution >= 0.6 is 15.9 Å². The van der Waals surface area contributed by atoms with Crippen LogP contribution in [0.15, 0.2) is 16.9 Å². The van der Waals surface area contributed by atoms with Gasteiger partial charge in [-0.05, 0) is 15.9 Å². The lowest BCUT2D eigenvalue weighted by molar-refractivity contribution is 1.05. The van der Waals surface area contributed by atoms with E-state index in [2.05, 4.69) is 26.5 Å². The number of nitrogens with one attached hydrogen (secondary N) is 2. The van der Waals surface area contributed by atoms with Crippen LogP contribution in [-0.2, 0) is 0 Å². The van der Waals surface area contributed by atoms with Crippen LogP contribution in [0, 0.1) is 5.41 Å². The largest absolute Gasteiger partial charge is 0.404 e. The number of halogens is 1. The van der Waals surface area contributed by atoms with E-state index in [-0.39, 0.29) is 5.84 Å². The average molecular weight is 189 g/mol. The molecule has 0 unspecified atom stereocenters. The highest BCUT2D eigenvalue weighted by Crippen LogP contribution is 2.08. The van der Waals surface area contributed by atoms with E-state index in [1.807, 2.05) is 0 Å². The quantitative estimate of drug-likeness (QED) is 0.506. The maximum Gasteiger partial charge on any atom is 0.150 e. The molecule has 1 heterocycles. The third kappa shape index (κ3) is 0.951. The van der Waals surface area contributed by atoms with Gasteiger partial charge in [-0.25, -0.2) is 0 Å². The molecule has 0 aliphatic carbocycles. The van der Waals surface area contributed by atoms with E-state index >= 15 is 0 Å². The molecule has 9 heavy (non-hydrogen) atoms. The minimum Gasteiger partial charge on any atom is -0.404 e. The van der Waals surface area contributed by atoms with Crippen molar-refractivity contribution in [1.29, 1.82) is 5.41 Å². The molecule has 1 aliphatic rings. The van der Waals surface area contributed by atoms with Gasteiger partial charge in [-0.3, -0.25) is 10.8 Å². The Morgan fingerprint density at radius 2 is 2.44 bits per heavy atom. The van der Waals surface area contributed by atoms with Crippen molar-refractivity contribution >= 4 is 26.4 Å². The Bertz CT molecular complexity index is 205. The van der Waals surface area contributed by atoms with Crippen molar-refractivity contribution in [2.45, 2.75) is 0 Å². The molecule has 0 atom stereocenters. The monoisotopic (exact) mass is 188 g/mol. The molecule has 4 nitrogen and oxygen atoms in total. The van der Waals surface area contributed by atoms with Crippen LogP contribution in [0.5, 0.6) is 0 Å². The van der Waals surface area contributed by atoms with E-state index < -0.39 is 0 Å². The average Bonchev–Trinajstić information content (AvgIpc) is 2.12. The molecule has 4 N–H and O–H groups in total. The van der Waals surface area contributed by atoms with Gasteiger partial charge in [0.15, 0.2) is 0 Å². The van der Waals surface area contributed by atoms with Crippen LogP contribution in [-0.4, -0.2) is 10.5 Å². The van der Waals surface area contributed by atoms with Crippen molar-refractivity contribution in [3.8, 4) is 0 Å². The molecule has 5 heteroatoms. The minimum atomic E-state index is 0.226. The molecule has 48 valence electrons. The highest BCUT2D eigenvalue weighted by atomic mass is 79.9. The van der Waals surface area contributed by atoms with E-state index in [0.717, 1.165) is 0 Å². The molecule has 0 aromatic rings. The molecule has 1 rings (SSSR count). The van der Waals surface area contributed by atoms with Gasteiger partial charge in [0, 0.05) is 6.20 Å². The summed E-state index contributed by atoms with van der Waals surface area (Å²) in [7, 11) is 0. The summed E-state index contributed by atoms with van der Waals surface area (Å²) in [6, 6.07) is 0. The SMILES string of the molecule is N=C1NN=C(Br)/C1=C/N. The molecule has 0 aromatic heterocycles. The van der Waals surface area contributed by atoms with Gasteiger partial charge in [-0.15, -0.1) is 0 Å². The van der Waals surface area contributed by atoms with Crippen LogP contribution in [0.2, 0.25) is 0 Å². The summed E-state index contributed by atoms with van der Waals surface area (Å²) in [5.41, 5.74) is 8.20. The number of hydrogen-bond acceptors (Lipinski definition) is 3. The van der Waals surface area contributed by atoms with Gasteiger partial charge in [-0.1, -0.05) is 0 Å². The molecule has 0 aromatic carbocycles. The Balaban J connectivity index is 2.93. The molecule has 0 radical (unpaired) electrons. The number of hydrogen-bond donors (Lipinski definition) is 3. The first-order chi connectivity index (χ1) is 4.25. The molecular weight excluding hydrogens is 184 g/mol. The number of nitrogens with two attached hydrogens (primary N) is 1. The van der Waals surface area contributed by atoms with Crippen molar-refractivity contribution in [3.63, 3.8) is 0 Å². The van der Waals surface area contributed by atoms with Gasteiger partial charge in [0.25, 0.3) is 0 Å². The van der Waals surface area contributed by atoms with Gasteiger partial charge in [0.05, 0.1) is 5.57 Å². The predicted octanol–water partition coefficient (Wildman–Crippen LogP) is 0.118. The van der Waals surface area contributed by atoms with E-state index in [1.54, 1.807) is 0 Å². The number of amidine groups is 1. The van der Waals surface area contributed by atoms with E-state index in [1.165, 1.54) is 6.20 Å². The highest BCUT2D eigenvalue weighted by Gasteiger charge is 2.14. The summed E-state index contributed by atoms with van der Waals surface area (Å²) < 4.78 is 0.579. The van der Waals surface area contributed by atoms with Gasteiger partial charge in [-0.2, -0.15) is 5.10 Å². The lowest BCUT2D eigenvalue weighted by atomic mass is 10.3. The summed E-state index contributed by atoms with van der Waals surface area (Å²) in [4.78, 5) is 0. The van der Waals surface area contributed by atoms with Gasteiger partial charge in [0.2, 0.25) is 0 Å². The first-order valence-corrected chi connectivity index (χ1v) is 3.05. The molecule has 0 fully saturated rings. The molecular formula is C4H5BrN4. The predicted molar refractivity (Wildman–Crippen MR) is 39.5 cm³/mol. The zero-order valence-electron chi connectivity index (χ0n) is 4.48. The second-order valence-electron chi connectivity index (χ2n) is 1.47. The van der Waals surface area contributed by atoms with Crippen LogP contribution < -0.4 is 11.2 Å². The van der Waals surface area contributed by atoms with Crippen LogP contribution in [0.1, 0.15) is 0 Å². The molecule has 0 saturated heterocycles. The zero-order chi connectivity index (χ0) is 6.85. The molecule has 0 saturated carbocycles. The molecule has 1 aliphatic heterocycles. The number of hydrazone groups is 1.